The highest BCUT2D eigenvalue weighted by Crippen LogP contribution is 2.38. The van der Waals surface area contributed by atoms with Crippen LogP contribution in [0.1, 0.15) is 33.4 Å². The molecular weight excluding hydrogens is 472 g/mol. The third-order valence-electron chi connectivity index (χ3n) is 4.10. The number of carbonyl (C=O) groups is 1. The van der Waals surface area contributed by atoms with Crippen LogP contribution in [-0.2, 0) is 42.3 Å². The Bertz CT molecular complexity index is 849. The first-order chi connectivity index (χ1) is 14.3. The van der Waals surface area contributed by atoms with E-state index in [1.807, 2.05) is 0 Å². The molecule has 1 nitrogen and oxygen atoms in total. The van der Waals surface area contributed by atoms with Gasteiger partial charge >= 0.3 is 24.7 Å². The highest BCUT2D eigenvalue weighted by atomic mass is 19.4. The molecule has 13 heteroatoms. The van der Waals surface area contributed by atoms with Crippen LogP contribution in [0, 0.1) is 0 Å². The number of hydrogen-bond donors (Lipinski definition) is 0. The van der Waals surface area contributed by atoms with Crippen LogP contribution in [0.25, 0.3) is 0 Å². The van der Waals surface area contributed by atoms with Gasteiger partial charge in [0, 0.05) is 12.8 Å². The summed E-state index contributed by atoms with van der Waals surface area (Å²) >= 11 is 0. The van der Waals surface area contributed by atoms with E-state index in [1.54, 1.807) is 0 Å². The van der Waals surface area contributed by atoms with E-state index in [0.717, 1.165) is 0 Å². The van der Waals surface area contributed by atoms with Crippen LogP contribution in [0.4, 0.5) is 52.7 Å². The molecule has 0 heterocycles. The number of ketones is 1. The average Bonchev–Trinajstić information content (AvgIpc) is 2.58. The molecule has 2 rings (SSSR count). The van der Waals surface area contributed by atoms with Crippen LogP contribution in [0.3, 0.4) is 0 Å². The summed E-state index contributed by atoms with van der Waals surface area (Å²) in [5.74, 6) is -1.19. The molecule has 0 saturated carbocycles. The lowest BCUT2D eigenvalue weighted by Crippen LogP contribution is -2.15. The van der Waals surface area contributed by atoms with Crippen molar-refractivity contribution in [3.05, 3.63) is 69.8 Å². The van der Waals surface area contributed by atoms with Gasteiger partial charge in [-0.2, -0.15) is 52.7 Å². The van der Waals surface area contributed by atoms with Crippen LogP contribution >= 0.6 is 0 Å². The van der Waals surface area contributed by atoms with Gasteiger partial charge in [-0.25, -0.2) is 0 Å². The van der Waals surface area contributed by atoms with Gasteiger partial charge in [-0.3, -0.25) is 4.79 Å². The van der Waals surface area contributed by atoms with Gasteiger partial charge < -0.3 is 0 Å². The normalized spacial score (nSPS) is 13.4. The molecule has 0 N–H and O–H groups in total. The minimum atomic E-state index is -5.19. The Hall–Kier alpha value is -2.73. The number of hydrogen-bond acceptors (Lipinski definition) is 1. The molecule has 0 spiro atoms. The maximum atomic E-state index is 12.9. The second-order valence-electron chi connectivity index (χ2n) is 6.72. The molecule has 0 unspecified atom stereocenters. The van der Waals surface area contributed by atoms with Gasteiger partial charge in [-0.1, -0.05) is 0 Å². The Morgan fingerprint density at radius 2 is 0.688 bits per heavy atom. The van der Waals surface area contributed by atoms with E-state index >= 15 is 0 Å². The smallest absolute Gasteiger partial charge is 0.299 e. The molecule has 0 bridgehead atoms. The molecule has 0 amide bonds. The fourth-order valence-corrected chi connectivity index (χ4v) is 2.76. The molecule has 2 aromatic carbocycles. The molecule has 0 aromatic heterocycles. The predicted octanol–water partition coefficient (Wildman–Crippen LogP) is 7.12. The molecule has 176 valence electrons. The van der Waals surface area contributed by atoms with Crippen LogP contribution in [0.2, 0.25) is 0 Å². The first-order valence-electron chi connectivity index (χ1n) is 8.35. The number of halogens is 12. The summed E-state index contributed by atoms with van der Waals surface area (Å²) in [4.78, 5) is 12.1. The zero-order valence-corrected chi connectivity index (χ0v) is 15.3. The van der Waals surface area contributed by atoms with Gasteiger partial charge in [0.2, 0.25) is 0 Å². The highest BCUT2D eigenvalue weighted by Gasteiger charge is 2.38. The summed E-state index contributed by atoms with van der Waals surface area (Å²) in [5.41, 5.74) is -8.36. The highest BCUT2D eigenvalue weighted by molar-refractivity contribution is 5.83. The van der Waals surface area contributed by atoms with Crippen molar-refractivity contribution in [3.63, 3.8) is 0 Å². The Morgan fingerprint density at radius 3 is 0.875 bits per heavy atom. The zero-order valence-electron chi connectivity index (χ0n) is 15.3. The average molecular weight is 482 g/mol. The molecule has 0 atom stereocenters. The molecular formula is C19H10F12O. The predicted molar refractivity (Wildman–Crippen MR) is 85.3 cm³/mol. The SMILES string of the molecule is O=C(Cc1cc(C(F)(F)F)cc(C(F)(F)F)c1)Cc1cc(C(F)(F)F)cc(C(F)(F)F)c1. The van der Waals surface area contributed by atoms with Gasteiger partial charge in [0.25, 0.3) is 0 Å². The van der Waals surface area contributed by atoms with Crippen molar-refractivity contribution in [2.24, 2.45) is 0 Å². The zero-order chi connectivity index (χ0) is 24.7. The first kappa shape index (κ1) is 25.5. The molecule has 32 heavy (non-hydrogen) atoms. The van der Waals surface area contributed by atoms with E-state index in [0.29, 0.717) is 0 Å². The van der Waals surface area contributed by atoms with Crippen LogP contribution < -0.4 is 0 Å². The topological polar surface area (TPSA) is 17.1 Å². The molecule has 2 aromatic rings. The number of Topliss-reactive ketones (excluding diaryl/α,β-unsaturated/α-hetero) is 1. The van der Waals surface area contributed by atoms with Crippen molar-refractivity contribution in [1.82, 2.24) is 0 Å². The van der Waals surface area contributed by atoms with E-state index < -0.39 is 76.7 Å². The lowest BCUT2D eigenvalue weighted by Gasteiger charge is -2.15. The fourth-order valence-electron chi connectivity index (χ4n) is 2.76. The fraction of sp³-hybridized carbons (Fsp3) is 0.316. The molecule has 0 aliphatic carbocycles. The molecule has 0 aliphatic rings. The van der Waals surface area contributed by atoms with E-state index in [-0.39, 0.29) is 36.4 Å². The summed E-state index contributed by atoms with van der Waals surface area (Å²) < 4.78 is 154. The molecule has 0 fully saturated rings. The summed E-state index contributed by atoms with van der Waals surface area (Å²) in [6.07, 6.45) is -22.9. The Labute approximate surface area is 171 Å². The third-order valence-corrected chi connectivity index (χ3v) is 4.10. The largest absolute Gasteiger partial charge is 0.416 e. The van der Waals surface area contributed by atoms with Gasteiger partial charge in [0.1, 0.15) is 5.78 Å². The monoisotopic (exact) mass is 482 g/mol. The van der Waals surface area contributed by atoms with Crippen LogP contribution in [-0.4, -0.2) is 5.78 Å². The number of benzene rings is 2. The first-order valence-corrected chi connectivity index (χ1v) is 8.35. The lowest BCUT2D eigenvalue weighted by atomic mass is 9.96. The van der Waals surface area contributed by atoms with Crippen molar-refractivity contribution in [1.29, 1.82) is 0 Å². The van der Waals surface area contributed by atoms with Gasteiger partial charge in [0.05, 0.1) is 22.3 Å². The number of carbonyl (C=O) groups excluding carboxylic acids is 1. The lowest BCUT2D eigenvalue weighted by molar-refractivity contribution is -0.144. The second kappa shape index (κ2) is 8.32. The number of alkyl halides is 12. The quantitative estimate of drug-likeness (QED) is 0.425. The third kappa shape index (κ3) is 6.63. The maximum absolute atomic E-state index is 12.9. The van der Waals surface area contributed by atoms with E-state index in [2.05, 4.69) is 0 Å². The van der Waals surface area contributed by atoms with Crippen molar-refractivity contribution < 1.29 is 57.5 Å². The minimum absolute atomic E-state index is 0.184. The maximum Gasteiger partial charge on any atom is 0.416 e. The number of rotatable bonds is 4. The summed E-state index contributed by atoms with van der Waals surface area (Å²) in [7, 11) is 0. The van der Waals surface area contributed by atoms with Crippen molar-refractivity contribution in [2.45, 2.75) is 37.5 Å². The summed E-state index contributed by atoms with van der Waals surface area (Å²) in [5, 5.41) is 0. The van der Waals surface area contributed by atoms with E-state index in [4.69, 9.17) is 0 Å². The van der Waals surface area contributed by atoms with Gasteiger partial charge in [0.15, 0.2) is 0 Å². The van der Waals surface area contributed by atoms with Crippen LogP contribution in [0.5, 0.6) is 0 Å². The Balaban J connectivity index is 2.39. The second-order valence-corrected chi connectivity index (χ2v) is 6.72. The Kier molecular flexibility index (Phi) is 6.64. The van der Waals surface area contributed by atoms with Crippen molar-refractivity contribution in [2.75, 3.05) is 0 Å². The van der Waals surface area contributed by atoms with Gasteiger partial charge in [-0.15, -0.1) is 0 Å². The van der Waals surface area contributed by atoms with E-state index in [1.165, 1.54) is 0 Å². The molecule has 0 saturated heterocycles. The standard InChI is InChI=1S/C19H10F12O/c20-16(21,22)11-1-9(2-12(7-11)17(23,24)25)5-15(32)6-10-3-13(18(26,27)28)8-14(4-10)19(29,30)31/h1-4,7-8H,5-6H2. The molecule has 0 radical (unpaired) electrons. The van der Waals surface area contributed by atoms with Gasteiger partial charge in [-0.05, 0) is 47.5 Å². The van der Waals surface area contributed by atoms with E-state index in [9.17, 15) is 57.5 Å². The molecule has 0 aliphatic heterocycles. The van der Waals surface area contributed by atoms with Crippen molar-refractivity contribution in [3.8, 4) is 0 Å². The van der Waals surface area contributed by atoms with Crippen LogP contribution in [0.15, 0.2) is 36.4 Å². The minimum Gasteiger partial charge on any atom is -0.299 e. The summed E-state index contributed by atoms with van der Waals surface area (Å²) in [6, 6.07) is 0.633. The van der Waals surface area contributed by atoms with Crippen molar-refractivity contribution >= 4 is 5.78 Å². The Morgan fingerprint density at radius 1 is 0.469 bits per heavy atom. The summed E-state index contributed by atoms with van der Waals surface area (Å²) in [6.45, 7) is 0.